The standard InChI is InChI=1S/C24H42N2O5/c1-5-17(21(28)29)18-11-7-8-12-19(18)26-20(27)15-24(13-9-6-10-14-24)16-25-22(30)31-23(2,3)4/h17-19H,5-16H2,1-4H3,(H,25,30)(H,26,27)(H,28,29)/t17-,18-,19-/m0/s1. The Bertz CT molecular complexity index is 622. The normalized spacial score (nSPS) is 24.6. The predicted molar refractivity (Wildman–Crippen MR) is 120 cm³/mol. The number of aliphatic carboxylic acids is 1. The van der Waals surface area contributed by atoms with E-state index < -0.39 is 23.6 Å². The van der Waals surface area contributed by atoms with Gasteiger partial charge in [0.15, 0.2) is 0 Å². The lowest BCUT2D eigenvalue weighted by molar-refractivity contribution is -0.145. The third-order valence-electron chi connectivity index (χ3n) is 6.90. The van der Waals surface area contributed by atoms with Crippen LogP contribution < -0.4 is 10.6 Å². The van der Waals surface area contributed by atoms with Crippen molar-refractivity contribution in [2.24, 2.45) is 17.3 Å². The number of carboxylic acids is 1. The van der Waals surface area contributed by atoms with E-state index in [4.69, 9.17) is 4.74 Å². The topological polar surface area (TPSA) is 105 Å². The van der Waals surface area contributed by atoms with Gasteiger partial charge in [-0.2, -0.15) is 0 Å². The lowest BCUT2D eigenvalue weighted by Gasteiger charge is -2.39. The van der Waals surface area contributed by atoms with Crippen LogP contribution in [0.25, 0.3) is 0 Å². The molecule has 2 aliphatic carbocycles. The molecule has 0 aromatic heterocycles. The van der Waals surface area contributed by atoms with E-state index in [1.807, 2.05) is 27.7 Å². The maximum atomic E-state index is 13.1. The van der Waals surface area contributed by atoms with Gasteiger partial charge in [-0.05, 0) is 64.2 Å². The van der Waals surface area contributed by atoms with Crippen molar-refractivity contribution in [2.45, 2.75) is 110 Å². The van der Waals surface area contributed by atoms with E-state index in [0.717, 1.165) is 57.8 Å². The van der Waals surface area contributed by atoms with Crippen LogP contribution in [-0.2, 0) is 14.3 Å². The van der Waals surface area contributed by atoms with Gasteiger partial charge in [0.1, 0.15) is 5.60 Å². The molecule has 0 saturated heterocycles. The zero-order valence-electron chi connectivity index (χ0n) is 19.8. The molecule has 7 nitrogen and oxygen atoms in total. The number of alkyl carbamates (subject to hydrolysis) is 1. The molecule has 3 atom stereocenters. The highest BCUT2D eigenvalue weighted by Gasteiger charge is 2.39. The van der Waals surface area contributed by atoms with Crippen LogP contribution in [0.1, 0.15) is 98.3 Å². The number of carbonyl (C=O) groups excluding carboxylic acids is 2. The molecule has 0 aliphatic heterocycles. The van der Waals surface area contributed by atoms with Crippen LogP contribution in [0.15, 0.2) is 0 Å². The van der Waals surface area contributed by atoms with Crippen molar-refractivity contribution in [3.8, 4) is 0 Å². The molecule has 2 aliphatic rings. The van der Waals surface area contributed by atoms with Crippen molar-refractivity contribution < 1.29 is 24.2 Å². The van der Waals surface area contributed by atoms with E-state index in [2.05, 4.69) is 10.6 Å². The van der Waals surface area contributed by atoms with Crippen molar-refractivity contribution in [1.82, 2.24) is 10.6 Å². The fraction of sp³-hybridized carbons (Fsp3) is 0.875. The number of hydrogen-bond donors (Lipinski definition) is 3. The van der Waals surface area contributed by atoms with Gasteiger partial charge in [0, 0.05) is 19.0 Å². The van der Waals surface area contributed by atoms with E-state index in [9.17, 15) is 19.5 Å². The number of nitrogens with one attached hydrogen (secondary N) is 2. The van der Waals surface area contributed by atoms with Crippen LogP contribution in [0, 0.1) is 17.3 Å². The summed E-state index contributed by atoms with van der Waals surface area (Å²) in [5, 5.41) is 15.7. The summed E-state index contributed by atoms with van der Waals surface area (Å²) in [7, 11) is 0. The number of carboxylic acid groups (broad SMARTS) is 1. The number of carbonyl (C=O) groups is 3. The third-order valence-corrected chi connectivity index (χ3v) is 6.90. The molecule has 0 aromatic carbocycles. The zero-order chi connectivity index (χ0) is 23.1. The second-order valence-electron chi connectivity index (χ2n) is 10.6. The van der Waals surface area contributed by atoms with Gasteiger partial charge >= 0.3 is 12.1 Å². The van der Waals surface area contributed by atoms with E-state index >= 15 is 0 Å². The highest BCUT2D eigenvalue weighted by atomic mass is 16.6. The Morgan fingerprint density at radius 2 is 1.71 bits per heavy atom. The molecule has 0 heterocycles. The lowest BCUT2D eigenvalue weighted by atomic mass is 9.71. The molecule has 7 heteroatoms. The van der Waals surface area contributed by atoms with Gasteiger partial charge in [-0.3, -0.25) is 9.59 Å². The maximum absolute atomic E-state index is 13.1. The van der Waals surface area contributed by atoms with Crippen LogP contribution in [-0.4, -0.2) is 41.3 Å². The Balaban J connectivity index is 2.01. The Labute approximate surface area is 187 Å². The predicted octanol–water partition coefficient (Wildman–Crippen LogP) is 4.64. The minimum atomic E-state index is -0.765. The van der Waals surface area contributed by atoms with Crippen molar-refractivity contribution in [3.05, 3.63) is 0 Å². The molecule has 0 bridgehead atoms. The average molecular weight is 439 g/mol. The summed E-state index contributed by atoms with van der Waals surface area (Å²) < 4.78 is 5.37. The quantitative estimate of drug-likeness (QED) is 0.512. The number of hydrogen-bond acceptors (Lipinski definition) is 4. The van der Waals surface area contributed by atoms with Gasteiger partial charge in [-0.15, -0.1) is 0 Å². The first kappa shape index (κ1) is 25.5. The molecule has 3 N–H and O–H groups in total. The summed E-state index contributed by atoms with van der Waals surface area (Å²) in [6, 6.07) is -0.0817. The Morgan fingerprint density at radius 3 is 2.29 bits per heavy atom. The van der Waals surface area contributed by atoms with Crippen molar-refractivity contribution >= 4 is 18.0 Å². The molecule has 2 fully saturated rings. The molecule has 178 valence electrons. The zero-order valence-corrected chi connectivity index (χ0v) is 19.8. The Hall–Kier alpha value is -1.79. The SMILES string of the molecule is CC[C@H](C(=O)O)[C@@H]1CCCC[C@@H]1NC(=O)CC1(CNC(=O)OC(C)(C)C)CCCCC1. The third kappa shape index (κ3) is 8.00. The van der Waals surface area contributed by atoms with Gasteiger partial charge in [0.2, 0.25) is 5.91 Å². The molecule has 0 unspecified atom stereocenters. The van der Waals surface area contributed by atoms with Gasteiger partial charge < -0.3 is 20.5 Å². The second kappa shape index (κ2) is 11.2. The number of rotatable bonds is 8. The van der Waals surface area contributed by atoms with Crippen LogP contribution in [0.4, 0.5) is 4.79 Å². The fourth-order valence-electron chi connectivity index (χ4n) is 5.37. The summed E-state index contributed by atoms with van der Waals surface area (Å²) in [5.41, 5.74) is -0.822. The molecule has 0 aromatic rings. The van der Waals surface area contributed by atoms with E-state index in [1.165, 1.54) is 0 Å². The van der Waals surface area contributed by atoms with Crippen molar-refractivity contribution in [2.75, 3.05) is 6.54 Å². The first-order valence-corrected chi connectivity index (χ1v) is 12.0. The Morgan fingerprint density at radius 1 is 1.06 bits per heavy atom. The lowest BCUT2D eigenvalue weighted by Crippen LogP contribution is -2.49. The summed E-state index contributed by atoms with van der Waals surface area (Å²) in [6.07, 6.45) is 9.26. The van der Waals surface area contributed by atoms with Crippen molar-refractivity contribution in [3.63, 3.8) is 0 Å². The van der Waals surface area contributed by atoms with Gasteiger partial charge in [-0.25, -0.2) is 4.79 Å². The highest BCUT2D eigenvalue weighted by Crippen LogP contribution is 2.39. The first-order chi connectivity index (χ1) is 14.6. The molecule has 2 rings (SSSR count). The van der Waals surface area contributed by atoms with Crippen LogP contribution >= 0.6 is 0 Å². The number of ether oxygens (including phenoxy) is 1. The molecule has 31 heavy (non-hydrogen) atoms. The van der Waals surface area contributed by atoms with Crippen molar-refractivity contribution in [1.29, 1.82) is 0 Å². The first-order valence-electron chi connectivity index (χ1n) is 12.0. The Kier molecular flexibility index (Phi) is 9.19. The smallest absolute Gasteiger partial charge is 0.407 e. The van der Waals surface area contributed by atoms with E-state index in [0.29, 0.717) is 19.4 Å². The number of amides is 2. The molecular weight excluding hydrogens is 396 g/mol. The monoisotopic (exact) mass is 438 g/mol. The van der Waals surface area contributed by atoms with Crippen LogP contribution in [0.5, 0.6) is 0 Å². The summed E-state index contributed by atoms with van der Waals surface area (Å²) >= 11 is 0. The van der Waals surface area contributed by atoms with Crippen LogP contribution in [0.2, 0.25) is 0 Å². The van der Waals surface area contributed by atoms with Crippen LogP contribution in [0.3, 0.4) is 0 Å². The fourth-order valence-corrected chi connectivity index (χ4v) is 5.37. The van der Waals surface area contributed by atoms with Gasteiger partial charge in [0.25, 0.3) is 0 Å². The summed E-state index contributed by atoms with van der Waals surface area (Å²) in [4.78, 5) is 37.0. The van der Waals surface area contributed by atoms with E-state index in [-0.39, 0.29) is 23.3 Å². The minimum Gasteiger partial charge on any atom is -0.481 e. The molecule has 2 saturated carbocycles. The summed E-state index contributed by atoms with van der Waals surface area (Å²) in [5.74, 6) is -1.21. The highest BCUT2D eigenvalue weighted by molar-refractivity contribution is 5.77. The molecule has 2 amide bonds. The van der Waals surface area contributed by atoms with Gasteiger partial charge in [0.05, 0.1) is 5.92 Å². The van der Waals surface area contributed by atoms with Gasteiger partial charge in [-0.1, -0.05) is 39.0 Å². The largest absolute Gasteiger partial charge is 0.481 e. The second-order valence-corrected chi connectivity index (χ2v) is 10.6. The molecular formula is C24H42N2O5. The average Bonchev–Trinajstić information content (AvgIpc) is 2.67. The molecule has 0 spiro atoms. The minimum absolute atomic E-state index is 0.0117. The summed E-state index contributed by atoms with van der Waals surface area (Å²) in [6.45, 7) is 7.83. The van der Waals surface area contributed by atoms with E-state index in [1.54, 1.807) is 0 Å². The maximum Gasteiger partial charge on any atom is 0.407 e. The molecule has 0 radical (unpaired) electrons.